The molecule has 49 heavy (non-hydrogen) atoms. The van der Waals surface area contributed by atoms with Gasteiger partial charge in [0.1, 0.15) is 0 Å². The van der Waals surface area contributed by atoms with E-state index >= 15 is 0 Å². The minimum absolute atomic E-state index is 0.675. The van der Waals surface area contributed by atoms with Gasteiger partial charge in [0.15, 0.2) is 5.82 Å². The zero-order valence-corrected chi connectivity index (χ0v) is 26.5. The lowest BCUT2D eigenvalue weighted by Gasteiger charge is -2.12. The second-order valence-electron chi connectivity index (χ2n) is 12.0. The smallest absolute Gasteiger partial charge is 0.160 e. The molecule has 0 aliphatic rings. The summed E-state index contributed by atoms with van der Waals surface area (Å²) in [5, 5.41) is 2.35. The third-order valence-corrected chi connectivity index (χ3v) is 9.00. The normalized spacial score (nSPS) is 11.3. The Morgan fingerprint density at radius 3 is 1.73 bits per heavy atom. The first kappa shape index (κ1) is 28.5. The van der Waals surface area contributed by atoms with Crippen LogP contribution in [0.3, 0.4) is 0 Å². The summed E-state index contributed by atoms with van der Waals surface area (Å²) in [7, 11) is 0. The first-order valence-corrected chi connectivity index (χ1v) is 16.3. The van der Waals surface area contributed by atoms with Crippen LogP contribution in [0.2, 0.25) is 0 Å². The Balaban J connectivity index is 1.21. The molecule has 0 saturated heterocycles. The van der Waals surface area contributed by atoms with Crippen LogP contribution in [0.1, 0.15) is 0 Å². The number of hydrogen-bond acceptors (Lipinski definition) is 4. The number of rotatable bonds is 6. The summed E-state index contributed by atoms with van der Waals surface area (Å²) in [5.41, 5.74) is 12.5. The fourth-order valence-electron chi connectivity index (χ4n) is 6.60. The van der Waals surface area contributed by atoms with Gasteiger partial charge in [-0.25, -0.2) is 9.97 Å². The summed E-state index contributed by atoms with van der Waals surface area (Å²) in [6.45, 7) is 0. The average molecular weight is 628 g/mol. The number of pyridine rings is 2. The van der Waals surface area contributed by atoms with E-state index in [1.165, 1.54) is 5.39 Å². The van der Waals surface area contributed by atoms with Crippen molar-refractivity contribution in [3.63, 3.8) is 0 Å². The lowest BCUT2D eigenvalue weighted by atomic mass is 10.0. The highest BCUT2D eigenvalue weighted by atomic mass is 15.0. The predicted octanol–water partition coefficient (Wildman–Crippen LogP) is 10.7. The Hall–Kier alpha value is -6.72. The molecule has 0 amide bonds. The van der Waals surface area contributed by atoms with Crippen LogP contribution in [0.5, 0.6) is 0 Å². The zero-order valence-electron chi connectivity index (χ0n) is 26.5. The van der Waals surface area contributed by atoms with E-state index in [1.807, 2.05) is 24.5 Å². The van der Waals surface area contributed by atoms with Crippen LogP contribution >= 0.6 is 0 Å². The highest BCUT2D eigenvalue weighted by Gasteiger charge is 2.16. The molecule has 0 fully saturated rings. The van der Waals surface area contributed by atoms with Gasteiger partial charge in [-0.05, 0) is 77.4 Å². The SMILES string of the molecule is c1ccc(-n2c3ccccc3c3cc(-c4nc(-c5ccc(-c6cccnc6)cc5)cc(-c5cccc(-c6cccnc6)c5)n4)ccc32)cc1. The Bertz CT molecular complexity index is 2580. The zero-order chi connectivity index (χ0) is 32.6. The summed E-state index contributed by atoms with van der Waals surface area (Å²) >= 11 is 0. The summed E-state index contributed by atoms with van der Waals surface area (Å²) in [5.74, 6) is 0.675. The van der Waals surface area contributed by atoms with Crippen molar-refractivity contribution >= 4 is 21.8 Å². The van der Waals surface area contributed by atoms with Crippen LogP contribution < -0.4 is 0 Å². The molecular weight excluding hydrogens is 599 g/mol. The second kappa shape index (κ2) is 12.1. The van der Waals surface area contributed by atoms with Crippen molar-refractivity contribution in [2.75, 3.05) is 0 Å². The molecule has 0 saturated carbocycles. The predicted molar refractivity (Wildman–Crippen MR) is 199 cm³/mol. The third-order valence-electron chi connectivity index (χ3n) is 9.00. The number of hydrogen-bond donors (Lipinski definition) is 0. The average Bonchev–Trinajstić information content (AvgIpc) is 3.52. The monoisotopic (exact) mass is 627 g/mol. The van der Waals surface area contributed by atoms with Crippen molar-refractivity contribution in [2.45, 2.75) is 0 Å². The molecule has 0 aliphatic heterocycles. The fourth-order valence-corrected chi connectivity index (χ4v) is 6.60. The molecule has 9 rings (SSSR count). The fraction of sp³-hybridized carbons (Fsp3) is 0. The van der Waals surface area contributed by atoms with Crippen molar-refractivity contribution < 1.29 is 0 Å². The number of nitrogens with zero attached hydrogens (tertiary/aromatic N) is 5. The standard InChI is InChI=1S/C44H29N5/c1-2-13-37(14-3-1)49-42-16-5-4-15-38(42)39-26-34(21-22-43(39)49)44-47-40(31-19-17-30(18-20-31)35-11-7-23-45-28-35)27-41(48-44)33-10-6-9-32(25-33)36-12-8-24-46-29-36/h1-29H. The molecule has 0 atom stereocenters. The number of benzene rings is 5. The lowest BCUT2D eigenvalue weighted by molar-refractivity contribution is 1.17. The van der Waals surface area contributed by atoms with Gasteiger partial charge >= 0.3 is 0 Å². The maximum Gasteiger partial charge on any atom is 0.160 e. The molecule has 5 aromatic carbocycles. The second-order valence-corrected chi connectivity index (χ2v) is 12.0. The Labute approximate surface area is 283 Å². The summed E-state index contributed by atoms with van der Waals surface area (Å²) in [6.07, 6.45) is 7.36. The van der Waals surface area contributed by atoms with Crippen molar-refractivity contribution in [1.82, 2.24) is 24.5 Å². The largest absolute Gasteiger partial charge is 0.309 e. The van der Waals surface area contributed by atoms with Crippen molar-refractivity contribution in [3.8, 4) is 61.8 Å². The molecule has 0 aliphatic carbocycles. The number of fused-ring (bicyclic) bond motifs is 3. The van der Waals surface area contributed by atoms with Crippen molar-refractivity contribution in [1.29, 1.82) is 0 Å². The number of aromatic nitrogens is 5. The van der Waals surface area contributed by atoms with Crippen LogP contribution in [0.4, 0.5) is 0 Å². The Morgan fingerprint density at radius 1 is 0.367 bits per heavy atom. The van der Waals surface area contributed by atoms with Gasteiger partial charge in [-0.3, -0.25) is 9.97 Å². The Morgan fingerprint density at radius 2 is 0.980 bits per heavy atom. The molecule has 5 heteroatoms. The van der Waals surface area contributed by atoms with Gasteiger partial charge in [0.25, 0.3) is 0 Å². The molecule has 0 unspecified atom stereocenters. The minimum atomic E-state index is 0.675. The van der Waals surface area contributed by atoms with E-state index in [0.717, 1.165) is 72.4 Å². The third kappa shape index (κ3) is 5.33. The van der Waals surface area contributed by atoms with Crippen molar-refractivity contribution in [3.05, 3.63) is 176 Å². The highest BCUT2D eigenvalue weighted by molar-refractivity contribution is 6.10. The minimum Gasteiger partial charge on any atom is -0.309 e. The topological polar surface area (TPSA) is 56.5 Å². The molecule has 230 valence electrons. The molecule has 9 aromatic rings. The van der Waals surface area contributed by atoms with E-state index in [4.69, 9.17) is 9.97 Å². The number of para-hydroxylation sites is 2. The van der Waals surface area contributed by atoms with Gasteiger partial charge in [-0.1, -0.05) is 91.0 Å². The van der Waals surface area contributed by atoms with E-state index in [9.17, 15) is 0 Å². The van der Waals surface area contributed by atoms with Gasteiger partial charge in [0.2, 0.25) is 0 Å². The van der Waals surface area contributed by atoms with E-state index in [1.54, 1.807) is 12.4 Å². The van der Waals surface area contributed by atoms with Gasteiger partial charge in [0.05, 0.1) is 22.4 Å². The van der Waals surface area contributed by atoms with Crippen molar-refractivity contribution in [2.24, 2.45) is 0 Å². The molecule has 0 bridgehead atoms. The molecule has 0 radical (unpaired) electrons. The van der Waals surface area contributed by atoms with Crippen LogP contribution in [-0.2, 0) is 0 Å². The first-order chi connectivity index (χ1) is 24.3. The molecule has 4 heterocycles. The lowest BCUT2D eigenvalue weighted by Crippen LogP contribution is -1.97. The van der Waals surface area contributed by atoms with Gasteiger partial charge in [-0.15, -0.1) is 0 Å². The summed E-state index contributed by atoms with van der Waals surface area (Å²) in [4.78, 5) is 19.0. The van der Waals surface area contributed by atoms with E-state index in [-0.39, 0.29) is 0 Å². The van der Waals surface area contributed by atoms with Gasteiger partial charge in [0, 0.05) is 63.5 Å². The van der Waals surface area contributed by atoms with E-state index in [0.29, 0.717) is 5.82 Å². The molecule has 5 nitrogen and oxygen atoms in total. The maximum absolute atomic E-state index is 5.21. The molecule has 4 aromatic heterocycles. The maximum atomic E-state index is 5.21. The molecular formula is C44H29N5. The summed E-state index contributed by atoms with van der Waals surface area (Å²) in [6, 6.07) is 52.8. The Kier molecular flexibility index (Phi) is 7.06. The van der Waals surface area contributed by atoms with E-state index < -0.39 is 0 Å². The molecule has 0 N–H and O–H groups in total. The van der Waals surface area contributed by atoms with Gasteiger partial charge < -0.3 is 4.57 Å². The van der Waals surface area contributed by atoms with Gasteiger partial charge in [-0.2, -0.15) is 0 Å². The molecule has 0 spiro atoms. The first-order valence-electron chi connectivity index (χ1n) is 16.3. The van der Waals surface area contributed by atoms with Crippen LogP contribution in [-0.4, -0.2) is 24.5 Å². The summed E-state index contributed by atoms with van der Waals surface area (Å²) < 4.78 is 2.32. The van der Waals surface area contributed by atoms with Crippen LogP contribution in [0, 0.1) is 0 Å². The quantitative estimate of drug-likeness (QED) is 0.184. The van der Waals surface area contributed by atoms with Crippen LogP contribution in [0.25, 0.3) is 83.6 Å². The van der Waals surface area contributed by atoms with Crippen LogP contribution in [0.15, 0.2) is 176 Å². The van der Waals surface area contributed by atoms with E-state index in [2.05, 4.69) is 154 Å². The highest BCUT2D eigenvalue weighted by Crippen LogP contribution is 2.36.